The fourth-order valence-corrected chi connectivity index (χ4v) is 6.06. The largest absolute Gasteiger partial charge is 0.456 e. The van der Waals surface area contributed by atoms with Crippen LogP contribution in [0.4, 0.5) is 0 Å². The number of benzene rings is 7. The van der Waals surface area contributed by atoms with Crippen molar-refractivity contribution >= 4 is 54.3 Å². The molecule has 0 N–H and O–H groups in total. The Kier molecular flexibility index (Phi) is 4.06. The summed E-state index contributed by atoms with van der Waals surface area (Å²) in [6, 6.07) is 31.6. The normalized spacial score (nSPS) is 13.7. The summed E-state index contributed by atoms with van der Waals surface area (Å²) in [5, 5.41) is 5.42. The van der Waals surface area contributed by atoms with Crippen LogP contribution >= 0.6 is 0 Å². The molecule has 0 bridgehead atoms. The Hall–Kier alpha value is -4.88. The first-order valence-corrected chi connectivity index (χ1v) is 13.7. The second kappa shape index (κ2) is 8.83. The minimum Gasteiger partial charge on any atom is -0.456 e. The summed E-state index contributed by atoms with van der Waals surface area (Å²) in [6.07, 6.45) is 0. The number of furan rings is 1. The number of rotatable bonds is 3. The lowest BCUT2D eigenvalue weighted by Crippen LogP contribution is -1.92. The van der Waals surface area contributed by atoms with E-state index in [1.165, 1.54) is 5.56 Å². The van der Waals surface area contributed by atoms with Gasteiger partial charge in [0.2, 0.25) is 0 Å². The van der Waals surface area contributed by atoms with Crippen LogP contribution in [-0.2, 0) is 0 Å². The van der Waals surface area contributed by atoms with Gasteiger partial charge in [0, 0.05) is 10.8 Å². The molecule has 0 spiro atoms. The monoisotopic (exact) mass is 517 g/mol. The van der Waals surface area contributed by atoms with Crippen molar-refractivity contribution in [2.24, 2.45) is 0 Å². The molecule has 0 saturated carbocycles. The zero-order valence-electron chi connectivity index (χ0n) is 27.2. The first kappa shape index (κ1) is 18.4. The van der Waals surface area contributed by atoms with E-state index in [9.17, 15) is 4.11 Å². The Balaban J connectivity index is 1.54. The molecular formula is C39H28O. The maximum Gasteiger partial charge on any atom is 0.136 e. The van der Waals surface area contributed by atoms with E-state index in [0.717, 1.165) is 32.7 Å². The highest BCUT2D eigenvalue weighted by Gasteiger charge is 2.18. The summed E-state index contributed by atoms with van der Waals surface area (Å²) in [7, 11) is 0. The SMILES string of the molecule is [2H]c1c(-c2c3ccccc3c(-c3ccc(C(C)C)cc3)c3ccccc23)c([2H])c2c([2H])c([2H])c3oc4ccccc4c3c2c1[2H]. The average molecular weight is 518 g/mol. The Bertz CT molecular complexity index is 2450. The molecule has 1 heteroatoms. The third-order valence-corrected chi connectivity index (χ3v) is 8.01. The fraction of sp³-hybridized carbons (Fsp3) is 0.0769. The molecule has 40 heavy (non-hydrogen) atoms. The Labute approximate surface area is 240 Å². The lowest BCUT2D eigenvalue weighted by Gasteiger charge is -2.18. The zero-order valence-corrected chi connectivity index (χ0v) is 22.2. The van der Waals surface area contributed by atoms with Gasteiger partial charge in [0.15, 0.2) is 0 Å². The summed E-state index contributed by atoms with van der Waals surface area (Å²) in [4.78, 5) is 0. The lowest BCUT2D eigenvalue weighted by atomic mass is 9.85. The van der Waals surface area contributed by atoms with Crippen molar-refractivity contribution in [2.75, 3.05) is 0 Å². The predicted octanol–water partition coefficient (Wildman–Crippen LogP) is 11.5. The van der Waals surface area contributed by atoms with Crippen molar-refractivity contribution in [3.8, 4) is 22.3 Å². The third kappa shape index (κ3) is 3.41. The van der Waals surface area contributed by atoms with E-state index in [1.54, 1.807) is 6.07 Å². The third-order valence-electron chi connectivity index (χ3n) is 8.01. The smallest absolute Gasteiger partial charge is 0.136 e. The van der Waals surface area contributed by atoms with Crippen molar-refractivity contribution in [3.63, 3.8) is 0 Å². The topological polar surface area (TPSA) is 13.1 Å². The van der Waals surface area contributed by atoms with Crippen LogP contribution in [0.1, 0.15) is 32.2 Å². The van der Waals surface area contributed by atoms with Crippen LogP contribution in [0.5, 0.6) is 0 Å². The Morgan fingerprint density at radius 1 is 0.525 bits per heavy atom. The van der Waals surface area contributed by atoms with Gasteiger partial charge in [-0.25, -0.2) is 0 Å². The van der Waals surface area contributed by atoms with E-state index >= 15 is 0 Å². The van der Waals surface area contributed by atoms with Gasteiger partial charge in [-0.2, -0.15) is 0 Å². The average Bonchev–Trinajstić information content (AvgIpc) is 3.45. The maximum atomic E-state index is 9.58. The van der Waals surface area contributed by atoms with Crippen LogP contribution in [-0.4, -0.2) is 0 Å². The van der Waals surface area contributed by atoms with Crippen molar-refractivity contribution in [1.82, 2.24) is 0 Å². The van der Waals surface area contributed by atoms with E-state index in [1.807, 2.05) is 54.6 Å². The van der Waals surface area contributed by atoms with E-state index in [0.29, 0.717) is 38.8 Å². The molecule has 1 aromatic heterocycles. The van der Waals surface area contributed by atoms with Crippen LogP contribution in [0, 0.1) is 0 Å². The maximum absolute atomic E-state index is 9.58. The summed E-state index contributed by atoms with van der Waals surface area (Å²) in [5.74, 6) is 0.417. The van der Waals surface area contributed by atoms with Crippen LogP contribution in [0.3, 0.4) is 0 Å². The highest BCUT2D eigenvalue weighted by molar-refractivity contribution is 6.23. The highest BCUT2D eigenvalue weighted by Crippen LogP contribution is 2.45. The molecule has 0 saturated heterocycles. The first-order valence-electron chi connectivity index (χ1n) is 16.2. The van der Waals surface area contributed by atoms with Gasteiger partial charge in [-0.05, 0) is 84.2 Å². The summed E-state index contributed by atoms with van der Waals surface area (Å²) < 4.78 is 52.2. The molecule has 8 rings (SSSR count). The van der Waals surface area contributed by atoms with Gasteiger partial charge in [-0.3, -0.25) is 0 Å². The van der Waals surface area contributed by atoms with Crippen LogP contribution in [0.15, 0.2) is 132 Å². The Morgan fingerprint density at radius 3 is 1.73 bits per heavy atom. The van der Waals surface area contributed by atoms with E-state index < -0.39 is 0 Å². The Morgan fingerprint density at radius 2 is 1.10 bits per heavy atom. The summed E-state index contributed by atoms with van der Waals surface area (Å²) in [6.45, 7) is 4.36. The molecule has 0 aliphatic rings. The molecule has 0 unspecified atom stereocenters. The molecule has 0 amide bonds. The number of fused-ring (bicyclic) bond motifs is 7. The van der Waals surface area contributed by atoms with Gasteiger partial charge in [0.1, 0.15) is 11.2 Å². The van der Waals surface area contributed by atoms with Gasteiger partial charge in [0.05, 0.1) is 6.85 Å². The van der Waals surface area contributed by atoms with E-state index in [4.69, 9.17) is 7.16 Å². The van der Waals surface area contributed by atoms with Gasteiger partial charge in [-0.15, -0.1) is 0 Å². The molecule has 1 heterocycles. The first-order chi connectivity index (χ1) is 21.8. The van der Waals surface area contributed by atoms with Crippen molar-refractivity contribution in [3.05, 3.63) is 133 Å². The van der Waals surface area contributed by atoms with E-state index in [-0.39, 0.29) is 41.2 Å². The van der Waals surface area contributed by atoms with Crippen molar-refractivity contribution < 1.29 is 11.3 Å². The second-order valence-corrected chi connectivity index (χ2v) is 10.7. The van der Waals surface area contributed by atoms with E-state index in [2.05, 4.69) is 50.2 Å². The number of hydrogen-bond acceptors (Lipinski definition) is 1. The molecule has 190 valence electrons. The predicted molar refractivity (Wildman–Crippen MR) is 171 cm³/mol. The van der Waals surface area contributed by atoms with Crippen molar-refractivity contribution in [1.29, 1.82) is 0 Å². The molecule has 8 aromatic rings. The molecule has 1 nitrogen and oxygen atoms in total. The van der Waals surface area contributed by atoms with Crippen LogP contribution < -0.4 is 0 Å². The zero-order chi connectivity index (χ0) is 31.1. The molecule has 0 atom stereocenters. The summed E-state index contributed by atoms with van der Waals surface area (Å²) in [5.41, 5.74) is 5.16. The second-order valence-electron chi connectivity index (χ2n) is 10.7. The quantitative estimate of drug-likeness (QED) is 0.212. The molecule has 0 aliphatic heterocycles. The minimum atomic E-state index is -0.174. The molecule has 0 aliphatic carbocycles. The fourth-order valence-electron chi connectivity index (χ4n) is 6.06. The van der Waals surface area contributed by atoms with Gasteiger partial charge in [0.25, 0.3) is 0 Å². The molecular weight excluding hydrogens is 484 g/mol. The van der Waals surface area contributed by atoms with Crippen LogP contribution in [0.2, 0.25) is 0 Å². The number of para-hydroxylation sites is 1. The standard InChI is InChI=1S/C39H28O/c1-24(2)25-15-17-26(18-16-25)37-30-9-3-5-11-32(30)38(33-12-6-4-10-31(33)37)28-19-21-29-27(23-28)20-22-36-39(29)34-13-7-8-14-35(34)40-36/h3-24H,1-2H3/i19D,20D,21D,22D,23D. The van der Waals surface area contributed by atoms with Crippen molar-refractivity contribution in [2.45, 2.75) is 19.8 Å². The van der Waals surface area contributed by atoms with Gasteiger partial charge >= 0.3 is 0 Å². The lowest BCUT2D eigenvalue weighted by molar-refractivity contribution is 0.669. The number of hydrogen-bond donors (Lipinski definition) is 0. The molecule has 0 fully saturated rings. The van der Waals surface area contributed by atoms with Crippen LogP contribution in [0.25, 0.3) is 76.5 Å². The van der Waals surface area contributed by atoms with Gasteiger partial charge in [-0.1, -0.05) is 123 Å². The summed E-state index contributed by atoms with van der Waals surface area (Å²) >= 11 is 0. The molecule has 0 radical (unpaired) electrons. The molecule has 7 aromatic carbocycles. The van der Waals surface area contributed by atoms with Gasteiger partial charge < -0.3 is 4.42 Å². The highest BCUT2D eigenvalue weighted by atomic mass is 16.3. The minimum absolute atomic E-state index is 0.0268.